The van der Waals surface area contributed by atoms with Gasteiger partial charge in [0.2, 0.25) is 10.0 Å². The van der Waals surface area contributed by atoms with Gasteiger partial charge in [-0.1, -0.05) is 0 Å². The van der Waals surface area contributed by atoms with Crippen molar-refractivity contribution < 1.29 is 22.3 Å². The number of sulfonamides is 1. The van der Waals surface area contributed by atoms with E-state index in [9.17, 15) is 17.6 Å². The number of primary sulfonamides is 1. The predicted molar refractivity (Wildman–Crippen MR) is 77.8 cm³/mol. The average molecular weight is 319 g/mol. The molecule has 21 heavy (non-hydrogen) atoms. The Balaban J connectivity index is 2.78. The van der Waals surface area contributed by atoms with Crippen LogP contribution in [0, 0.1) is 5.82 Å². The number of anilines is 2. The third kappa shape index (κ3) is 5.56. The van der Waals surface area contributed by atoms with Crippen LogP contribution >= 0.6 is 0 Å². The highest BCUT2D eigenvalue weighted by molar-refractivity contribution is 7.89. The first-order valence-electron chi connectivity index (χ1n) is 6.25. The van der Waals surface area contributed by atoms with Crippen LogP contribution in [0.15, 0.2) is 12.1 Å². The molecule has 0 atom stereocenters. The molecule has 5 N–H and O–H groups in total. The SMILES string of the molecule is CCOC(=O)c1cc(NCCCS(N)(=O)=O)c(F)cc1N. The maximum absolute atomic E-state index is 13.7. The largest absolute Gasteiger partial charge is 0.462 e. The van der Waals surface area contributed by atoms with Crippen LogP contribution in [0.25, 0.3) is 0 Å². The minimum Gasteiger partial charge on any atom is -0.462 e. The summed E-state index contributed by atoms with van der Waals surface area (Å²) in [5.41, 5.74) is 5.63. The van der Waals surface area contributed by atoms with Gasteiger partial charge in [0.05, 0.1) is 23.6 Å². The summed E-state index contributed by atoms with van der Waals surface area (Å²) in [6.45, 7) is 2.00. The van der Waals surface area contributed by atoms with Crippen molar-refractivity contribution in [2.24, 2.45) is 5.14 Å². The molecule has 1 aromatic carbocycles. The molecular formula is C12H18FN3O4S. The lowest BCUT2D eigenvalue weighted by molar-refractivity contribution is 0.0527. The summed E-state index contributed by atoms with van der Waals surface area (Å²) in [6.07, 6.45) is 0.206. The molecule has 0 spiro atoms. The second-order valence-corrected chi connectivity index (χ2v) is 6.02. The zero-order valence-electron chi connectivity index (χ0n) is 11.6. The number of rotatable bonds is 7. The standard InChI is InChI=1S/C12H18FN3O4S/c1-2-20-12(17)8-6-11(9(13)7-10(8)14)16-4-3-5-21(15,18)19/h6-7,16H,2-5,14H2,1H3,(H2,15,18,19). The zero-order valence-corrected chi connectivity index (χ0v) is 12.4. The molecule has 0 radical (unpaired) electrons. The van der Waals surface area contributed by atoms with Gasteiger partial charge < -0.3 is 15.8 Å². The van der Waals surface area contributed by atoms with Crippen molar-refractivity contribution in [2.75, 3.05) is 30.0 Å². The molecule has 0 aliphatic heterocycles. The highest BCUT2D eigenvalue weighted by atomic mass is 32.2. The van der Waals surface area contributed by atoms with Gasteiger partial charge in [-0.2, -0.15) is 0 Å². The van der Waals surface area contributed by atoms with Gasteiger partial charge in [0, 0.05) is 12.2 Å². The Hall–Kier alpha value is -1.87. The van der Waals surface area contributed by atoms with E-state index >= 15 is 0 Å². The average Bonchev–Trinajstić information content (AvgIpc) is 2.35. The van der Waals surface area contributed by atoms with Crippen molar-refractivity contribution in [2.45, 2.75) is 13.3 Å². The van der Waals surface area contributed by atoms with Gasteiger partial charge in [-0.25, -0.2) is 22.7 Å². The minimum atomic E-state index is -3.55. The van der Waals surface area contributed by atoms with Gasteiger partial charge in [-0.05, 0) is 25.5 Å². The van der Waals surface area contributed by atoms with Crippen LogP contribution < -0.4 is 16.2 Å². The van der Waals surface area contributed by atoms with E-state index in [1.165, 1.54) is 6.07 Å². The van der Waals surface area contributed by atoms with Crippen LogP contribution in [0.2, 0.25) is 0 Å². The predicted octanol–water partition coefficient (Wildman–Crippen LogP) is 0.675. The molecule has 0 heterocycles. The van der Waals surface area contributed by atoms with Gasteiger partial charge in [-0.15, -0.1) is 0 Å². The summed E-state index contributed by atoms with van der Waals surface area (Å²) < 4.78 is 40.0. The molecule has 0 aliphatic rings. The van der Waals surface area contributed by atoms with Crippen molar-refractivity contribution >= 4 is 27.4 Å². The normalized spacial score (nSPS) is 11.2. The first-order valence-corrected chi connectivity index (χ1v) is 7.96. The van der Waals surface area contributed by atoms with Crippen molar-refractivity contribution in [1.29, 1.82) is 0 Å². The first-order chi connectivity index (χ1) is 9.74. The summed E-state index contributed by atoms with van der Waals surface area (Å²) in [4.78, 5) is 11.6. The van der Waals surface area contributed by atoms with Crippen molar-refractivity contribution in [3.63, 3.8) is 0 Å². The Morgan fingerprint density at radius 2 is 2.10 bits per heavy atom. The van der Waals surface area contributed by atoms with Gasteiger partial charge >= 0.3 is 5.97 Å². The Morgan fingerprint density at radius 3 is 2.67 bits per heavy atom. The highest BCUT2D eigenvalue weighted by Gasteiger charge is 2.15. The number of ether oxygens (including phenoxy) is 1. The Bertz CT molecular complexity index is 619. The molecule has 0 aromatic heterocycles. The van der Waals surface area contributed by atoms with Gasteiger partial charge in [0.1, 0.15) is 5.82 Å². The summed E-state index contributed by atoms with van der Waals surface area (Å²) in [6, 6.07) is 2.24. The highest BCUT2D eigenvalue weighted by Crippen LogP contribution is 2.23. The lowest BCUT2D eigenvalue weighted by Crippen LogP contribution is -2.19. The van der Waals surface area contributed by atoms with Crippen molar-refractivity contribution in [3.8, 4) is 0 Å². The second-order valence-electron chi connectivity index (χ2n) is 4.29. The number of nitrogens with two attached hydrogens (primary N) is 2. The van der Waals surface area contributed by atoms with Crippen LogP contribution in [-0.2, 0) is 14.8 Å². The Morgan fingerprint density at radius 1 is 1.43 bits per heavy atom. The van der Waals surface area contributed by atoms with Crippen LogP contribution in [0.4, 0.5) is 15.8 Å². The second kappa shape index (κ2) is 7.23. The van der Waals surface area contributed by atoms with E-state index in [4.69, 9.17) is 15.6 Å². The quantitative estimate of drug-likeness (QED) is 0.385. The molecule has 0 unspecified atom stereocenters. The van der Waals surface area contributed by atoms with Gasteiger partial charge in [-0.3, -0.25) is 0 Å². The summed E-state index contributed by atoms with van der Waals surface area (Å²) in [5, 5.41) is 7.55. The molecule has 1 aromatic rings. The number of carbonyl (C=O) groups is 1. The minimum absolute atomic E-state index is 0.0268. The van der Waals surface area contributed by atoms with E-state index in [2.05, 4.69) is 5.32 Å². The fourth-order valence-corrected chi connectivity index (χ4v) is 2.15. The Labute approximate surface area is 122 Å². The number of halogens is 1. The number of benzene rings is 1. The monoisotopic (exact) mass is 319 g/mol. The van der Waals surface area contributed by atoms with Gasteiger partial charge in [0.15, 0.2) is 0 Å². The van der Waals surface area contributed by atoms with Crippen LogP contribution in [0.5, 0.6) is 0 Å². The lowest BCUT2D eigenvalue weighted by Gasteiger charge is -2.11. The van der Waals surface area contributed by atoms with Crippen molar-refractivity contribution in [1.82, 2.24) is 0 Å². The lowest BCUT2D eigenvalue weighted by atomic mass is 10.1. The number of esters is 1. The number of carbonyl (C=O) groups excluding carboxylic acids is 1. The van der Waals surface area contributed by atoms with E-state index in [-0.39, 0.29) is 42.3 Å². The number of hydrogen-bond donors (Lipinski definition) is 3. The first kappa shape index (κ1) is 17.2. The molecule has 0 fully saturated rings. The van der Waals surface area contributed by atoms with E-state index < -0.39 is 21.8 Å². The maximum atomic E-state index is 13.7. The zero-order chi connectivity index (χ0) is 16.0. The topological polar surface area (TPSA) is 125 Å². The van der Waals surface area contributed by atoms with Crippen LogP contribution in [0.1, 0.15) is 23.7 Å². The fourth-order valence-electron chi connectivity index (χ4n) is 1.61. The van der Waals surface area contributed by atoms with E-state index in [1.807, 2.05) is 0 Å². The van der Waals surface area contributed by atoms with Crippen LogP contribution in [0.3, 0.4) is 0 Å². The summed E-state index contributed by atoms with van der Waals surface area (Å²) in [7, 11) is -3.55. The third-order valence-electron chi connectivity index (χ3n) is 2.56. The molecular weight excluding hydrogens is 301 g/mol. The molecule has 0 bridgehead atoms. The number of hydrogen-bond acceptors (Lipinski definition) is 6. The Kier molecular flexibility index (Phi) is 5.91. The molecule has 9 heteroatoms. The van der Waals surface area contributed by atoms with Crippen molar-refractivity contribution in [3.05, 3.63) is 23.5 Å². The number of nitrogens with one attached hydrogen (secondary N) is 1. The third-order valence-corrected chi connectivity index (χ3v) is 3.41. The summed E-state index contributed by atoms with van der Waals surface area (Å²) in [5.74, 6) is -1.51. The fraction of sp³-hybridized carbons (Fsp3) is 0.417. The smallest absolute Gasteiger partial charge is 0.340 e. The molecule has 0 aliphatic carbocycles. The van der Waals surface area contributed by atoms with Crippen LogP contribution in [-0.4, -0.2) is 33.3 Å². The van der Waals surface area contributed by atoms with E-state index in [0.29, 0.717) is 0 Å². The summed E-state index contributed by atoms with van der Waals surface area (Å²) >= 11 is 0. The molecule has 1 rings (SSSR count). The van der Waals surface area contributed by atoms with E-state index in [1.54, 1.807) is 6.92 Å². The molecule has 0 amide bonds. The molecule has 118 valence electrons. The van der Waals surface area contributed by atoms with Gasteiger partial charge in [0.25, 0.3) is 0 Å². The molecule has 0 saturated carbocycles. The number of nitrogen functional groups attached to an aromatic ring is 1. The molecule has 7 nitrogen and oxygen atoms in total. The van der Waals surface area contributed by atoms with E-state index in [0.717, 1.165) is 6.07 Å². The molecule has 0 saturated heterocycles. The maximum Gasteiger partial charge on any atom is 0.340 e.